The fourth-order valence-electron chi connectivity index (χ4n) is 5.75. The first kappa shape index (κ1) is 23.9. The van der Waals surface area contributed by atoms with Crippen molar-refractivity contribution in [3.05, 3.63) is 150 Å². The van der Waals surface area contributed by atoms with Crippen molar-refractivity contribution in [2.75, 3.05) is 16.8 Å². The van der Waals surface area contributed by atoms with E-state index in [1.165, 1.54) is 11.1 Å². The van der Waals surface area contributed by atoms with E-state index in [0.29, 0.717) is 0 Å². The summed E-state index contributed by atoms with van der Waals surface area (Å²) in [6.45, 7) is 2.03. The number of anilines is 5. The molecule has 7 rings (SSSR count). The second-order valence-corrected chi connectivity index (χ2v) is 10.2. The van der Waals surface area contributed by atoms with Crippen LogP contribution in [0.25, 0.3) is 11.3 Å². The fraction of sp³-hybridized carbons (Fsp3) is 0.0857. The molecule has 0 saturated carbocycles. The van der Waals surface area contributed by atoms with Crippen molar-refractivity contribution in [3.63, 3.8) is 0 Å². The van der Waals surface area contributed by atoms with Crippen LogP contribution >= 0.6 is 0 Å². The Kier molecular flexibility index (Phi) is 5.90. The maximum absolute atomic E-state index is 4.79. The van der Waals surface area contributed by atoms with Gasteiger partial charge in [0.15, 0.2) is 0 Å². The van der Waals surface area contributed by atoms with Crippen LogP contribution in [0, 0.1) is 6.92 Å². The number of para-hydroxylation sites is 2. The Morgan fingerprint density at radius 2 is 1.43 bits per heavy atom. The Morgan fingerprint density at radius 3 is 2.20 bits per heavy atom. The highest BCUT2D eigenvalue weighted by Gasteiger charge is 2.29. The number of nitrogens with one attached hydrogen (secondary N) is 1. The molecule has 2 aromatic heterocycles. The van der Waals surface area contributed by atoms with Crippen LogP contribution in [0.4, 0.5) is 28.4 Å². The number of aryl methyl sites for hydroxylation is 1. The van der Waals surface area contributed by atoms with Gasteiger partial charge in [-0.3, -0.25) is 10.1 Å². The van der Waals surface area contributed by atoms with Crippen molar-refractivity contribution in [2.24, 2.45) is 0 Å². The zero-order valence-electron chi connectivity index (χ0n) is 22.5. The predicted octanol–water partition coefficient (Wildman–Crippen LogP) is 8.51. The number of hydrogen-bond acceptors (Lipinski definition) is 4. The Balaban J connectivity index is 1.43. The molecule has 0 amide bonds. The Bertz CT molecular complexity index is 1750. The lowest BCUT2D eigenvalue weighted by molar-refractivity contribution is 0.917. The number of aromatic amines is 1. The molecule has 194 valence electrons. The van der Waals surface area contributed by atoms with Gasteiger partial charge in [0.25, 0.3) is 0 Å². The van der Waals surface area contributed by atoms with Crippen molar-refractivity contribution >= 4 is 28.4 Å². The first-order valence-corrected chi connectivity index (χ1v) is 13.5. The average molecular weight is 520 g/mol. The van der Waals surface area contributed by atoms with Crippen molar-refractivity contribution in [1.82, 2.24) is 15.2 Å². The van der Waals surface area contributed by atoms with Crippen LogP contribution < -0.4 is 9.80 Å². The summed E-state index contributed by atoms with van der Waals surface area (Å²) in [6, 6.07) is 42.9. The molecule has 0 saturated heterocycles. The van der Waals surface area contributed by atoms with Crippen molar-refractivity contribution < 1.29 is 0 Å². The van der Waals surface area contributed by atoms with E-state index in [0.717, 1.165) is 51.1 Å². The van der Waals surface area contributed by atoms with E-state index in [2.05, 4.69) is 142 Å². The molecule has 1 unspecified atom stereocenters. The maximum Gasteiger partial charge on any atom is 0.0924 e. The molecule has 1 aliphatic rings. The third-order valence-electron chi connectivity index (χ3n) is 7.64. The van der Waals surface area contributed by atoms with Gasteiger partial charge < -0.3 is 9.80 Å². The second-order valence-electron chi connectivity index (χ2n) is 10.2. The van der Waals surface area contributed by atoms with Gasteiger partial charge in [0, 0.05) is 30.2 Å². The van der Waals surface area contributed by atoms with Crippen LogP contribution in [0.3, 0.4) is 0 Å². The number of aromatic nitrogens is 3. The van der Waals surface area contributed by atoms with Gasteiger partial charge in [-0.2, -0.15) is 5.10 Å². The summed E-state index contributed by atoms with van der Waals surface area (Å²) >= 11 is 0. The van der Waals surface area contributed by atoms with E-state index in [4.69, 9.17) is 4.98 Å². The summed E-state index contributed by atoms with van der Waals surface area (Å²) in [6.07, 6.45) is 1.88. The van der Waals surface area contributed by atoms with Gasteiger partial charge >= 0.3 is 0 Å². The van der Waals surface area contributed by atoms with E-state index in [-0.39, 0.29) is 5.92 Å². The predicted molar refractivity (Wildman–Crippen MR) is 163 cm³/mol. The van der Waals surface area contributed by atoms with Gasteiger partial charge in [-0.25, -0.2) is 0 Å². The molecule has 5 heteroatoms. The quantitative estimate of drug-likeness (QED) is 0.248. The third kappa shape index (κ3) is 4.12. The van der Waals surface area contributed by atoms with Crippen LogP contribution in [-0.2, 0) is 0 Å². The Labute approximate surface area is 234 Å². The molecular weight excluding hydrogens is 490 g/mol. The summed E-state index contributed by atoms with van der Waals surface area (Å²) in [5.41, 5.74) is 12.2. The molecule has 0 fully saturated rings. The molecule has 0 aliphatic carbocycles. The molecule has 1 aliphatic heterocycles. The highest BCUT2D eigenvalue weighted by Crippen LogP contribution is 2.52. The van der Waals surface area contributed by atoms with Gasteiger partial charge in [-0.1, -0.05) is 66.7 Å². The van der Waals surface area contributed by atoms with Crippen LogP contribution in [0.1, 0.15) is 28.4 Å². The number of rotatable bonds is 5. The molecule has 0 spiro atoms. The van der Waals surface area contributed by atoms with E-state index >= 15 is 0 Å². The second kappa shape index (κ2) is 9.86. The summed E-state index contributed by atoms with van der Waals surface area (Å²) in [5.74, 6) is 0.00962. The molecule has 40 heavy (non-hydrogen) atoms. The van der Waals surface area contributed by atoms with Gasteiger partial charge in [0.1, 0.15) is 0 Å². The van der Waals surface area contributed by atoms with E-state index < -0.39 is 0 Å². The summed E-state index contributed by atoms with van der Waals surface area (Å²) in [5, 5.41) is 7.60. The first-order valence-electron chi connectivity index (χ1n) is 13.5. The summed E-state index contributed by atoms with van der Waals surface area (Å²) in [4.78, 5) is 9.44. The maximum atomic E-state index is 4.79. The lowest BCUT2D eigenvalue weighted by Gasteiger charge is -2.39. The summed E-state index contributed by atoms with van der Waals surface area (Å²) in [7, 11) is 2.14. The van der Waals surface area contributed by atoms with Crippen LogP contribution in [0.5, 0.6) is 0 Å². The number of fused-ring (bicyclic) bond motifs is 2. The van der Waals surface area contributed by atoms with Gasteiger partial charge in [0.05, 0.1) is 40.1 Å². The van der Waals surface area contributed by atoms with E-state index in [1.807, 2.05) is 19.2 Å². The van der Waals surface area contributed by atoms with Gasteiger partial charge in [-0.15, -0.1) is 0 Å². The number of hydrogen-bond donors (Lipinski definition) is 1. The molecule has 0 radical (unpaired) electrons. The van der Waals surface area contributed by atoms with E-state index in [9.17, 15) is 0 Å². The van der Waals surface area contributed by atoms with Crippen molar-refractivity contribution in [2.45, 2.75) is 12.8 Å². The lowest BCUT2D eigenvalue weighted by atomic mass is 9.87. The molecule has 5 nitrogen and oxygen atoms in total. The minimum atomic E-state index is 0.00962. The molecule has 1 atom stereocenters. The molecule has 6 aromatic rings. The minimum absolute atomic E-state index is 0.00962. The number of pyridine rings is 1. The topological polar surface area (TPSA) is 48.1 Å². The molecule has 1 N–H and O–H groups in total. The SMILES string of the molecule is Cc1cc(-c2cccc(N3c4ccccc4N(C)c4ccc(C(c5ccccc5)c5ccccn5)cc43)c2)n[nH]1. The van der Waals surface area contributed by atoms with Crippen LogP contribution in [-0.4, -0.2) is 22.2 Å². The Morgan fingerprint density at radius 1 is 0.650 bits per heavy atom. The third-order valence-corrected chi connectivity index (χ3v) is 7.64. The molecular formula is C35H29N5. The number of nitrogens with zero attached hydrogens (tertiary/aromatic N) is 4. The Hall–Kier alpha value is -5.16. The largest absolute Gasteiger partial charge is 0.341 e. The monoisotopic (exact) mass is 519 g/mol. The molecule has 0 bridgehead atoms. The smallest absolute Gasteiger partial charge is 0.0924 e. The van der Waals surface area contributed by atoms with Crippen LogP contribution in [0.15, 0.2) is 128 Å². The highest BCUT2D eigenvalue weighted by atomic mass is 15.3. The first-order chi connectivity index (χ1) is 19.7. The lowest BCUT2D eigenvalue weighted by Crippen LogP contribution is -2.24. The van der Waals surface area contributed by atoms with Crippen molar-refractivity contribution in [3.8, 4) is 11.3 Å². The number of H-pyrrole nitrogens is 1. The van der Waals surface area contributed by atoms with Gasteiger partial charge in [-0.05, 0) is 72.6 Å². The van der Waals surface area contributed by atoms with Gasteiger partial charge in [0.2, 0.25) is 0 Å². The van der Waals surface area contributed by atoms with Crippen LogP contribution in [0.2, 0.25) is 0 Å². The standard InChI is InChI=1S/C35H29N5/c1-24-21-30(38-37-24)26-13-10-14-28(22-26)40-33-17-7-6-16-31(33)39(2)32-19-18-27(23-34(32)40)35(25-11-4-3-5-12-25)29-15-8-9-20-36-29/h3-23,35H,1-2H3,(H,37,38). The molecule has 4 aromatic carbocycles. The highest BCUT2D eigenvalue weighted by molar-refractivity contribution is 5.98. The minimum Gasteiger partial charge on any atom is -0.341 e. The summed E-state index contributed by atoms with van der Waals surface area (Å²) < 4.78 is 0. The van der Waals surface area contributed by atoms with Crippen molar-refractivity contribution in [1.29, 1.82) is 0 Å². The number of benzene rings is 4. The normalized spacial score (nSPS) is 13.1. The zero-order chi connectivity index (χ0) is 27.1. The zero-order valence-corrected chi connectivity index (χ0v) is 22.5. The molecule has 3 heterocycles. The average Bonchev–Trinajstić information content (AvgIpc) is 3.45. The fourth-order valence-corrected chi connectivity index (χ4v) is 5.75. The van der Waals surface area contributed by atoms with E-state index in [1.54, 1.807) is 0 Å².